The van der Waals surface area contributed by atoms with E-state index in [2.05, 4.69) is 0 Å². The van der Waals surface area contributed by atoms with Crippen molar-refractivity contribution in [3.05, 3.63) is 0 Å². The first-order chi connectivity index (χ1) is 10.6. The fraction of sp³-hybridized carbons (Fsp3) is 1.00. The second-order valence-corrected chi connectivity index (χ2v) is 8.67. The Hall–Kier alpha value is -0.160. The summed E-state index contributed by atoms with van der Waals surface area (Å²) in [6, 6.07) is 0. The van der Waals surface area contributed by atoms with E-state index in [9.17, 15) is 20.4 Å². The largest absolute Gasteiger partial charge is 0.396 e. The smallest absolute Gasteiger partial charge is 0.0540 e. The van der Waals surface area contributed by atoms with Gasteiger partial charge >= 0.3 is 0 Å². The molecule has 4 N–H and O–H groups in total. The molecule has 23 heavy (non-hydrogen) atoms. The molecule has 0 aromatic carbocycles. The molecule has 4 heteroatoms. The third-order valence-corrected chi connectivity index (χ3v) is 4.71. The summed E-state index contributed by atoms with van der Waals surface area (Å²) in [6.45, 7) is 8.51. The lowest BCUT2D eigenvalue weighted by molar-refractivity contribution is 0.105. The molecule has 0 aliphatic heterocycles. The normalized spacial score (nSPS) is 15.7. The predicted octanol–water partition coefficient (Wildman–Crippen LogP) is 3.26. The van der Waals surface area contributed by atoms with Crippen LogP contribution < -0.4 is 0 Å². The molecule has 0 aliphatic rings. The Morgan fingerprint density at radius 2 is 0.913 bits per heavy atom. The molecule has 4 nitrogen and oxygen atoms in total. The van der Waals surface area contributed by atoms with E-state index in [0.29, 0.717) is 0 Å². The van der Waals surface area contributed by atoms with Gasteiger partial charge in [0.15, 0.2) is 0 Å². The SMILES string of the molecule is CC(C)(CO)CCC[C@H](O)CCC[C@@H](O)CCCC(C)(C)CO. The van der Waals surface area contributed by atoms with E-state index in [1.54, 1.807) is 0 Å². The third kappa shape index (κ3) is 12.9. The molecule has 0 aliphatic carbocycles. The van der Waals surface area contributed by atoms with Crippen molar-refractivity contribution in [3.8, 4) is 0 Å². The topological polar surface area (TPSA) is 80.9 Å². The fourth-order valence-corrected chi connectivity index (χ4v) is 2.67. The van der Waals surface area contributed by atoms with Gasteiger partial charge in [0, 0.05) is 13.2 Å². The number of hydrogen-bond donors (Lipinski definition) is 4. The minimum Gasteiger partial charge on any atom is -0.396 e. The van der Waals surface area contributed by atoms with Gasteiger partial charge in [-0.1, -0.05) is 40.5 Å². The van der Waals surface area contributed by atoms with E-state index >= 15 is 0 Å². The van der Waals surface area contributed by atoms with Crippen LogP contribution in [0.2, 0.25) is 0 Å². The van der Waals surface area contributed by atoms with Gasteiger partial charge in [0.05, 0.1) is 12.2 Å². The van der Waals surface area contributed by atoms with Crippen molar-refractivity contribution in [3.63, 3.8) is 0 Å². The van der Waals surface area contributed by atoms with Crippen molar-refractivity contribution < 1.29 is 20.4 Å². The molecule has 0 saturated carbocycles. The average molecular weight is 333 g/mol. The zero-order valence-corrected chi connectivity index (χ0v) is 15.7. The van der Waals surface area contributed by atoms with E-state index < -0.39 is 0 Å². The lowest BCUT2D eigenvalue weighted by Crippen LogP contribution is -2.18. The molecule has 0 bridgehead atoms. The highest BCUT2D eigenvalue weighted by Crippen LogP contribution is 2.24. The first-order valence-corrected chi connectivity index (χ1v) is 9.20. The van der Waals surface area contributed by atoms with Crippen LogP contribution in [0.15, 0.2) is 0 Å². The van der Waals surface area contributed by atoms with Gasteiger partial charge in [-0.3, -0.25) is 0 Å². The molecule has 2 atom stereocenters. The number of aliphatic hydroxyl groups is 4. The minimum absolute atomic E-state index is 0.0573. The summed E-state index contributed by atoms with van der Waals surface area (Å²) in [5, 5.41) is 38.3. The van der Waals surface area contributed by atoms with Gasteiger partial charge in [-0.2, -0.15) is 0 Å². The van der Waals surface area contributed by atoms with Crippen molar-refractivity contribution in [2.24, 2.45) is 10.8 Å². The number of hydrogen-bond acceptors (Lipinski definition) is 4. The van der Waals surface area contributed by atoms with Gasteiger partial charge < -0.3 is 20.4 Å². The van der Waals surface area contributed by atoms with Gasteiger partial charge in [-0.25, -0.2) is 0 Å². The number of aliphatic hydroxyl groups excluding tert-OH is 4. The highest BCUT2D eigenvalue weighted by molar-refractivity contribution is 4.70. The standard InChI is InChI=1S/C19H40O4/c1-18(2,14-20)12-6-10-16(22)8-5-9-17(23)11-7-13-19(3,4)15-21/h16-17,20-23H,5-15H2,1-4H3/t16-,17-/m1/s1. The fourth-order valence-electron chi connectivity index (χ4n) is 2.67. The van der Waals surface area contributed by atoms with Crippen LogP contribution in [0.1, 0.15) is 85.5 Å². The van der Waals surface area contributed by atoms with Crippen molar-refractivity contribution in [1.29, 1.82) is 0 Å². The second kappa shape index (κ2) is 11.4. The van der Waals surface area contributed by atoms with Crippen LogP contribution in [0.5, 0.6) is 0 Å². The average Bonchev–Trinajstić information content (AvgIpc) is 2.47. The highest BCUT2D eigenvalue weighted by atomic mass is 16.3. The molecule has 0 fully saturated rings. The summed E-state index contributed by atoms with van der Waals surface area (Å²) >= 11 is 0. The van der Waals surface area contributed by atoms with Crippen LogP contribution in [0.4, 0.5) is 0 Å². The van der Waals surface area contributed by atoms with Crippen LogP contribution in [-0.2, 0) is 0 Å². The van der Waals surface area contributed by atoms with Crippen LogP contribution in [-0.4, -0.2) is 45.8 Å². The highest BCUT2D eigenvalue weighted by Gasteiger charge is 2.18. The van der Waals surface area contributed by atoms with Gasteiger partial charge in [-0.05, 0) is 55.8 Å². The van der Waals surface area contributed by atoms with Crippen LogP contribution in [0, 0.1) is 10.8 Å². The summed E-state index contributed by atoms with van der Waals surface area (Å²) in [4.78, 5) is 0. The Morgan fingerprint density at radius 3 is 1.22 bits per heavy atom. The summed E-state index contributed by atoms with van der Waals surface area (Å²) < 4.78 is 0. The zero-order valence-electron chi connectivity index (χ0n) is 15.7. The summed E-state index contributed by atoms with van der Waals surface area (Å²) in [5.74, 6) is 0. The molecule has 0 rings (SSSR count). The maximum Gasteiger partial charge on any atom is 0.0540 e. The van der Waals surface area contributed by atoms with Gasteiger partial charge in [0.2, 0.25) is 0 Å². The van der Waals surface area contributed by atoms with Crippen molar-refractivity contribution in [2.75, 3.05) is 13.2 Å². The Morgan fingerprint density at radius 1 is 0.609 bits per heavy atom. The van der Waals surface area contributed by atoms with Gasteiger partial charge in [-0.15, -0.1) is 0 Å². The lowest BCUT2D eigenvalue weighted by atomic mass is 9.87. The van der Waals surface area contributed by atoms with Crippen molar-refractivity contribution in [2.45, 2.75) is 97.7 Å². The quantitative estimate of drug-likeness (QED) is 0.393. The Balaban J connectivity index is 3.65. The molecule has 140 valence electrons. The summed E-state index contributed by atoms with van der Waals surface area (Å²) in [6.07, 6.45) is 6.94. The van der Waals surface area contributed by atoms with Crippen LogP contribution >= 0.6 is 0 Å². The van der Waals surface area contributed by atoms with Gasteiger partial charge in [0.25, 0.3) is 0 Å². The molecule has 0 aromatic rings. The van der Waals surface area contributed by atoms with E-state index in [1.807, 2.05) is 27.7 Å². The van der Waals surface area contributed by atoms with E-state index in [0.717, 1.165) is 57.8 Å². The molecule has 0 unspecified atom stereocenters. The second-order valence-electron chi connectivity index (χ2n) is 8.67. The first kappa shape index (κ1) is 22.8. The van der Waals surface area contributed by atoms with E-state index in [4.69, 9.17) is 0 Å². The molecule has 0 heterocycles. The lowest BCUT2D eigenvalue weighted by Gasteiger charge is -2.22. The minimum atomic E-state index is -0.301. The monoisotopic (exact) mass is 332 g/mol. The molecular formula is C19H40O4. The molecular weight excluding hydrogens is 292 g/mol. The van der Waals surface area contributed by atoms with Crippen LogP contribution in [0.25, 0.3) is 0 Å². The molecule has 0 radical (unpaired) electrons. The van der Waals surface area contributed by atoms with E-state index in [1.165, 1.54) is 0 Å². The molecule has 0 amide bonds. The third-order valence-electron chi connectivity index (χ3n) is 4.71. The van der Waals surface area contributed by atoms with Gasteiger partial charge in [0.1, 0.15) is 0 Å². The van der Waals surface area contributed by atoms with Crippen molar-refractivity contribution >= 4 is 0 Å². The van der Waals surface area contributed by atoms with Crippen LogP contribution in [0.3, 0.4) is 0 Å². The maximum absolute atomic E-state index is 9.97. The molecule has 0 aromatic heterocycles. The maximum atomic E-state index is 9.97. The van der Waals surface area contributed by atoms with Crippen molar-refractivity contribution in [1.82, 2.24) is 0 Å². The number of rotatable bonds is 14. The Kier molecular flexibility index (Phi) is 11.3. The molecule has 0 saturated heterocycles. The molecule has 0 spiro atoms. The Labute approximate surface area is 142 Å². The Bertz CT molecular complexity index is 261. The summed E-state index contributed by atoms with van der Waals surface area (Å²) in [7, 11) is 0. The first-order valence-electron chi connectivity index (χ1n) is 9.20. The predicted molar refractivity (Wildman–Crippen MR) is 95.3 cm³/mol. The zero-order chi connectivity index (χ0) is 17.9. The van der Waals surface area contributed by atoms with E-state index in [-0.39, 0.29) is 36.3 Å². The summed E-state index contributed by atoms with van der Waals surface area (Å²) in [5.41, 5.74) is -0.115.